The summed E-state index contributed by atoms with van der Waals surface area (Å²) in [4.78, 5) is 38.2. The number of benzene rings is 4. The van der Waals surface area contributed by atoms with Gasteiger partial charge in [-0.15, -0.1) is 11.8 Å². The number of carboxylic acids is 1. The van der Waals surface area contributed by atoms with Crippen LogP contribution in [0.2, 0.25) is 0 Å². The summed E-state index contributed by atoms with van der Waals surface area (Å²) >= 11 is 1.30. The lowest BCUT2D eigenvalue weighted by molar-refractivity contribution is -0.113. The molecule has 0 aliphatic rings. The first-order chi connectivity index (χ1) is 17.9. The molecular weight excluding hydrogens is 492 g/mol. The minimum absolute atomic E-state index is 0.0613. The maximum absolute atomic E-state index is 13.1. The molecule has 188 valence electrons. The van der Waals surface area contributed by atoms with Gasteiger partial charge in [0.1, 0.15) is 11.5 Å². The highest BCUT2D eigenvalue weighted by Gasteiger charge is 2.17. The Balaban J connectivity index is 1.45. The Morgan fingerprint density at radius 1 is 0.838 bits per heavy atom. The monoisotopic (exact) mass is 516 g/mol. The van der Waals surface area contributed by atoms with Crippen molar-refractivity contribution >= 4 is 51.7 Å². The maximum atomic E-state index is 13.1. The van der Waals surface area contributed by atoms with Gasteiger partial charge in [0.25, 0.3) is 5.91 Å². The third kappa shape index (κ3) is 6.02. The molecule has 0 spiro atoms. The minimum atomic E-state index is -1.10. The van der Waals surface area contributed by atoms with Crippen molar-refractivity contribution < 1.29 is 29.0 Å². The molecule has 37 heavy (non-hydrogen) atoms. The fourth-order valence-electron chi connectivity index (χ4n) is 3.82. The largest absolute Gasteiger partial charge is 0.497 e. The van der Waals surface area contributed by atoms with E-state index in [9.17, 15) is 19.5 Å². The van der Waals surface area contributed by atoms with Crippen LogP contribution >= 0.6 is 11.8 Å². The van der Waals surface area contributed by atoms with Crippen LogP contribution in [0.5, 0.6) is 11.5 Å². The van der Waals surface area contributed by atoms with Gasteiger partial charge in [-0.3, -0.25) is 9.59 Å². The molecule has 4 aromatic rings. The van der Waals surface area contributed by atoms with Crippen molar-refractivity contribution in [3.05, 3.63) is 90.0 Å². The number of carboxylic acid groups (broad SMARTS) is 1. The highest BCUT2D eigenvalue weighted by Crippen LogP contribution is 2.30. The van der Waals surface area contributed by atoms with Crippen LogP contribution in [0.4, 0.5) is 11.4 Å². The van der Waals surface area contributed by atoms with E-state index in [0.29, 0.717) is 33.6 Å². The maximum Gasteiger partial charge on any atom is 0.336 e. The number of hydrogen-bond acceptors (Lipinski definition) is 6. The van der Waals surface area contributed by atoms with E-state index in [-0.39, 0.29) is 22.8 Å². The summed E-state index contributed by atoms with van der Waals surface area (Å²) in [6, 6.07) is 22.2. The van der Waals surface area contributed by atoms with E-state index in [1.807, 2.05) is 6.07 Å². The van der Waals surface area contributed by atoms with Crippen molar-refractivity contribution in [3.8, 4) is 11.5 Å². The van der Waals surface area contributed by atoms with E-state index in [2.05, 4.69) is 10.6 Å². The third-order valence-electron chi connectivity index (χ3n) is 5.52. The summed E-state index contributed by atoms with van der Waals surface area (Å²) < 4.78 is 10.5. The van der Waals surface area contributed by atoms with Crippen molar-refractivity contribution in [1.82, 2.24) is 0 Å². The number of rotatable bonds is 9. The number of methoxy groups -OCH3 is 2. The van der Waals surface area contributed by atoms with Gasteiger partial charge < -0.3 is 25.2 Å². The molecule has 0 fully saturated rings. The van der Waals surface area contributed by atoms with Crippen molar-refractivity contribution in [2.24, 2.45) is 0 Å². The minimum Gasteiger partial charge on any atom is -0.497 e. The van der Waals surface area contributed by atoms with Gasteiger partial charge in [0.2, 0.25) is 5.91 Å². The topological polar surface area (TPSA) is 114 Å². The molecule has 9 heteroatoms. The molecule has 0 aliphatic heterocycles. The van der Waals surface area contributed by atoms with E-state index < -0.39 is 11.9 Å². The smallest absolute Gasteiger partial charge is 0.336 e. The van der Waals surface area contributed by atoms with Gasteiger partial charge in [-0.1, -0.05) is 30.3 Å². The number of carbonyl (C=O) groups is 3. The lowest BCUT2D eigenvalue weighted by atomic mass is 9.98. The Labute approximate surface area is 217 Å². The molecule has 0 aromatic heterocycles. The molecule has 4 aromatic carbocycles. The Hall–Kier alpha value is -4.50. The quantitative estimate of drug-likeness (QED) is 0.250. The van der Waals surface area contributed by atoms with Crippen LogP contribution < -0.4 is 20.1 Å². The lowest BCUT2D eigenvalue weighted by Gasteiger charge is -2.12. The molecular formula is C28H24N2O6S. The van der Waals surface area contributed by atoms with Gasteiger partial charge in [-0.2, -0.15) is 0 Å². The number of hydrogen-bond donors (Lipinski definition) is 3. The van der Waals surface area contributed by atoms with Crippen LogP contribution in [0.3, 0.4) is 0 Å². The highest BCUT2D eigenvalue weighted by molar-refractivity contribution is 8.00. The van der Waals surface area contributed by atoms with Gasteiger partial charge in [0.05, 0.1) is 31.2 Å². The Bertz CT molecular complexity index is 1480. The van der Waals surface area contributed by atoms with Crippen molar-refractivity contribution in [2.75, 3.05) is 30.6 Å². The predicted octanol–water partition coefficient (Wildman–Crippen LogP) is 5.54. The number of anilines is 2. The summed E-state index contributed by atoms with van der Waals surface area (Å²) in [5.41, 5.74) is 1.35. The van der Waals surface area contributed by atoms with Crippen LogP contribution in [-0.2, 0) is 4.79 Å². The Kier molecular flexibility index (Phi) is 7.95. The summed E-state index contributed by atoms with van der Waals surface area (Å²) in [6.45, 7) is 0. The van der Waals surface area contributed by atoms with E-state index in [1.165, 1.54) is 24.9 Å². The standard InChI is InChI=1S/C28H24N2O6S/c1-35-19-12-13-24(36-2)23(15-19)30-25(31)16-37-20-9-5-8-18(14-20)29-27(32)21-10-3-6-17-7-4-11-22(26(17)21)28(33)34/h3-15H,16H2,1-2H3,(H,29,32)(H,30,31)(H,33,34). The van der Waals surface area contributed by atoms with E-state index >= 15 is 0 Å². The number of nitrogens with one attached hydrogen (secondary N) is 2. The van der Waals surface area contributed by atoms with Gasteiger partial charge in [-0.25, -0.2) is 4.79 Å². The summed E-state index contributed by atoms with van der Waals surface area (Å²) in [5, 5.41) is 16.3. The molecule has 3 N–H and O–H groups in total. The summed E-state index contributed by atoms with van der Waals surface area (Å²) in [6.07, 6.45) is 0. The second kappa shape index (κ2) is 11.5. The van der Waals surface area contributed by atoms with Crippen LogP contribution in [0.15, 0.2) is 83.8 Å². The van der Waals surface area contributed by atoms with E-state index in [0.717, 1.165) is 4.90 Å². The molecule has 0 saturated carbocycles. The zero-order valence-corrected chi connectivity index (χ0v) is 20.9. The van der Waals surface area contributed by atoms with E-state index in [1.54, 1.807) is 73.8 Å². The van der Waals surface area contributed by atoms with Crippen molar-refractivity contribution in [1.29, 1.82) is 0 Å². The number of amides is 2. The molecule has 0 unspecified atom stereocenters. The molecule has 4 rings (SSSR count). The first-order valence-electron chi connectivity index (χ1n) is 11.2. The molecule has 0 heterocycles. The number of carbonyl (C=O) groups excluding carboxylic acids is 2. The fourth-order valence-corrected chi connectivity index (χ4v) is 4.57. The first-order valence-corrected chi connectivity index (χ1v) is 12.2. The molecule has 0 bridgehead atoms. The molecule has 0 radical (unpaired) electrons. The average Bonchev–Trinajstić information content (AvgIpc) is 2.91. The Morgan fingerprint density at radius 3 is 2.27 bits per heavy atom. The highest BCUT2D eigenvalue weighted by atomic mass is 32.2. The number of thioether (sulfide) groups is 1. The van der Waals surface area contributed by atoms with Gasteiger partial charge in [-0.05, 0) is 47.9 Å². The molecule has 0 aliphatic carbocycles. The predicted molar refractivity (Wildman–Crippen MR) is 144 cm³/mol. The molecule has 0 saturated heterocycles. The fraction of sp³-hybridized carbons (Fsp3) is 0.107. The summed E-state index contributed by atoms with van der Waals surface area (Å²) in [5.74, 6) is -0.526. The van der Waals surface area contributed by atoms with Crippen molar-refractivity contribution in [2.45, 2.75) is 4.90 Å². The molecule has 0 atom stereocenters. The van der Waals surface area contributed by atoms with Crippen LogP contribution in [0.25, 0.3) is 10.8 Å². The SMILES string of the molecule is COc1ccc(OC)c(NC(=O)CSc2cccc(NC(=O)c3cccc4cccc(C(=O)O)c34)c2)c1. The first kappa shape index (κ1) is 25.6. The average molecular weight is 517 g/mol. The second-order valence-corrected chi connectivity index (χ2v) is 8.95. The van der Waals surface area contributed by atoms with Gasteiger partial charge in [0, 0.05) is 27.6 Å². The zero-order valence-electron chi connectivity index (χ0n) is 20.1. The normalized spacial score (nSPS) is 10.5. The van der Waals surface area contributed by atoms with E-state index in [4.69, 9.17) is 9.47 Å². The Morgan fingerprint density at radius 2 is 1.57 bits per heavy atom. The van der Waals surface area contributed by atoms with Crippen molar-refractivity contribution in [3.63, 3.8) is 0 Å². The number of fused-ring (bicyclic) bond motifs is 1. The lowest BCUT2D eigenvalue weighted by Crippen LogP contribution is -2.15. The zero-order chi connectivity index (χ0) is 26.4. The van der Waals surface area contributed by atoms with Crippen LogP contribution in [0, 0.1) is 0 Å². The van der Waals surface area contributed by atoms with Gasteiger partial charge >= 0.3 is 5.97 Å². The third-order valence-corrected chi connectivity index (χ3v) is 6.52. The second-order valence-electron chi connectivity index (χ2n) is 7.90. The van der Waals surface area contributed by atoms with Crippen LogP contribution in [-0.4, -0.2) is 42.9 Å². The van der Waals surface area contributed by atoms with Gasteiger partial charge in [0.15, 0.2) is 0 Å². The van der Waals surface area contributed by atoms with Crippen LogP contribution in [0.1, 0.15) is 20.7 Å². The molecule has 2 amide bonds. The number of aromatic carboxylic acids is 1. The number of ether oxygens (including phenoxy) is 2. The molecule has 8 nitrogen and oxygen atoms in total. The summed E-state index contributed by atoms with van der Waals surface area (Å²) in [7, 11) is 3.06.